The Morgan fingerprint density at radius 2 is 1.92 bits per heavy atom. The second-order valence-electron chi connectivity index (χ2n) is 5.84. The Labute approximate surface area is 138 Å². The van der Waals surface area contributed by atoms with Gasteiger partial charge in [0.15, 0.2) is 15.6 Å². The van der Waals surface area contributed by atoms with Gasteiger partial charge in [-0.15, -0.1) is 0 Å². The lowest BCUT2D eigenvalue weighted by Gasteiger charge is -2.34. The average molecular weight is 364 g/mol. The van der Waals surface area contributed by atoms with E-state index in [4.69, 9.17) is 0 Å². The van der Waals surface area contributed by atoms with Crippen LogP contribution in [0.15, 0.2) is 29.2 Å². The Morgan fingerprint density at radius 3 is 2.46 bits per heavy atom. The van der Waals surface area contributed by atoms with Gasteiger partial charge >= 0.3 is 6.18 Å². The van der Waals surface area contributed by atoms with Crippen LogP contribution in [-0.4, -0.2) is 56.8 Å². The zero-order chi connectivity index (χ0) is 18.0. The molecule has 0 spiro atoms. The van der Waals surface area contributed by atoms with Crippen LogP contribution in [-0.2, 0) is 21.1 Å². The molecule has 1 saturated heterocycles. The fourth-order valence-electron chi connectivity index (χ4n) is 2.60. The minimum Gasteiger partial charge on any atom is -0.337 e. The van der Waals surface area contributed by atoms with Gasteiger partial charge < -0.3 is 10.2 Å². The van der Waals surface area contributed by atoms with E-state index in [1.807, 2.05) is 6.92 Å². The molecule has 134 valence electrons. The molecule has 5 nitrogen and oxygen atoms in total. The highest BCUT2D eigenvalue weighted by Gasteiger charge is 2.35. The lowest BCUT2D eigenvalue weighted by Crippen LogP contribution is -2.52. The maximum Gasteiger partial charge on any atom is 0.403 e. The van der Waals surface area contributed by atoms with Crippen LogP contribution in [0.5, 0.6) is 0 Å². The molecule has 0 radical (unpaired) electrons. The molecule has 1 atom stereocenters. The number of amides is 1. The fourth-order valence-corrected chi connectivity index (χ4v) is 3.75. The van der Waals surface area contributed by atoms with Crippen LogP contribution >= 0.6 is 0 Å². The fraction of sp³-hybridized carbons (Fsp3) is 0.533. The monoisotopic (exact) mass is 364 g/mol. The van der Waals surface area contributed by atoms with E-state index in [1.165, 1.54) is 12.1 Å². The minimum atomic E-state index is -4.79. The summed E-state index contributed by atoms with van der Waals surface area (Å²) in [5, 5.41) is 3.17. The summed E-state index contributed by atoms with van der Waals surface area (Å²) in [7, 11) is -4.42. The maximum atomic E-state index is 12.3. The van der Waals surface area contributed by atoms with Crippen molar-refractivity contribution in [3.63, 3.8) is 0 Å². The van der Waals surface area contributed by atoms with Crippen molar-refractivity contribution in [1.29, 1.82) is 0 Å². The molecule has 1 aromatic rings. The van der Waals surface area contributed by atoms with Crippen molar-refractivity contribution in [3.05, 3.63) is 29.8 Å². The predicted molar refractivity (Wildman–Crippen MR) is 82.3 cm³/mol. The third-order valence-electron chi connectivity index (χ3n) is 3.81. The first-order valence-electron chi connectivity index (χ1n) is 7.47. The van der Waals surface area contributed by atoms with E-state index >= 15 is 0 Å². The average Bonchev–Trinajstić information content (AvgIpc) is 2.45. The molecule has 1 N–H and O–H groups in total. The van der Waals surface area contributed by atoms with Gasteiger partial charge in [0.25, 0.3) is 0 Å². The van der Waals surface area contributed by atoms with Gasteiger partial charge in [-0.2, -0.15) is 13.2 Å². The minimum absolute atomic E-state index is 0.0673. The van der Waals surface area contributed by atoms with Crippen LogP contribution in [0.3, 0.4) is 0 Å². The Morgan fingerprint density at radius 1 is 1.29 bits per heavy atom. The number of rotatable bonds is 4. The Balaban J connectivity index is 2.05. The molecule has 0 unspecified atom stereocenters. The van der Waals surface area contributed by atoms with Gasteiger partial charge in [-0.25, -0.2) is 8.42 Å². The summed E-state index contributed by atoms with van der Waals surface area (Å²) in [5.74, 6) is -1.98. The van der Waals surface area contributed by atoms with E-state index in [1.54, 1.807) is 4.90 Å². The van der Waals surface area contributed by atoms with Crippen molar-refractivity contribution in [3.8, 4) is 0 Å². The Hall–Kier alpha value is -1.61. The van der Waals surface area contributed by atoms with Crippen molar-refractivity contribution in [2.75, 3.05) is 25.4 Å². The van der Waals surface area contributed by atoms with Crippen LogP contribution in [0, 0.1) is 0 Å². The molecule has 1 aliphatic heterocycles. The molecule has 0 aromatic heterocycles. The van der Waals surface area contributed by atoms with E-state index in [9.17, 15) is 26.4 Å². The number of carbonyl (C=O) groups excluding carboxylic acids is 1. The first-order valence-corrected chi connectivity index (χ1v) is 9.12. The van der Waals surface area contributed by atoms with E-state index in [0.717, 1.165) is 12.1 Å². The molecule has 2 rings (SSSR count). The predicted octanol–water partition coefficient (Wildman–Crippen LogP) is 1.39. The number of halogens is 3. The summed E-state index contributed by atoms with van der Waals surface area (Å²) in [6.45, 7) is 3.94. The SMILES string of the molecule is C[C@@H]1CNCCN1C(=O)Cc1ccc(S(=O)(=O)CC(F)(F)F)cc1. The number of carbonyl (C=O) groups is 1. The molecule has 0 saturated carbocycles. The molecule has 24 heavy (non-hydrogen) atoms. The number of piperazine rings is 1. The lowest BCUT2D eigenvalue weighted by atomic mass is 10.1. The highest BCUT2D eigenvalue weighted by molar-refractivity contribution is 7.91. The van der Waals surface area contributed by atoms with E-state index in [-0.39, 0.29) is 18.4 Å². The van der Waals surface area contributed by atoms with Gasteiger partial charge in [-0.1, -0.05) is 12.1 Å². The number of hydrogen-bond donors (Lipinski definition) is 1. The molecule has 1 aliphatic rings. The summed E-state index contributed by atoms with van der Waals surface area (Å²) in [5.41, 5.74) is 0.566. The Kier molecular flexibility index (Phi) is 5.54. The van der Waals surface area contributed by atoms with Gasteiger partial charge in [0.2, 0.25) is 5.91 Å². The molecular formula is C15H19F3N2O3S. The molecule has 9 heteroatoms. The summed E-state index contributed by atoms with van der Waals surface area (Å²) < 4.78 is 60.2. The quantitative estimate of drug-likeness (QED) is 0.877. The lowest BCUT2D eigenvalue weighted by molar-refractivity contribution is -0.133. The number of benzene rings is 1. The molecule has 1 aromatic carbocycles. The number of hydrogen-bond acceptors (Lipinski definition) is 4. The zero-order valence-electron chi connectivity index (χ0n) is 13.1. The summed E-state index contributed by atoms with van der Waals surface area (Å²) in [6.07, 6.45) is -4.70. The van der Waals surface area contributed by atoms with Gasteiger partial charge in [0, 0.05) is 25.7 Å². The van der Waals surface area contributed by atoms with Crippen molar-refractivity contribution in [1.82, 2.24) is 10.2 Å². The van der Waals surface area contributed by atoms with E-state index < -0.39 is 26.7 Å². The molecular weight excluding hydrogens is 345 g/mol. The molecule has 0 aliphatic carbocycles. The molecule has 1 fully saturated rings. The first-order chi connectivity index (χ1) is 11.1. The smallest absolute Gasteiger partial charge is 0.337 e. The molecule has 1 heterocycles. The number of nitrogens with zero attached hydrogens (tertiary/aromatic N) is 1. The third-order valence-corrected chi connectivity index (χ3v) is 5.51. The second kappa shape index (κ2) is 7.10. The summed E-state index contributed by atoms with van der Waals surface area (Å²) in [4.78, 5) is 13.6. The second-order valence-corrected chi connectivity index (χ2v) is 7.82. The zero-order valence-corrected chi connectivity index (χ0v) is 14.0. The molecule has 0 bridgehead atoms. The van der Waals surface area contributed by atoms with Gasteiger partial charge in [0.05, 0.1) is 11.3 Å². The van der Waals surface area contributed by atoms with Crippen molar-refractivity contribution >= 4 is 15.7 Å². The number of nitrogens with one attached hydrogen (secondary N) is 1. The van der Waals surface area contributed by atoms with Crippen LogP contribution in [0.25, 0.3) is 0 Å². The molecule has 1 amide bonds. The standard InChI is InChI=1S/C15H19F3N2O3S/c1-11-9-19-6-7-20(11)14(21)8-12-2-4-13(5-3-12)24(22,23)10-15(16,17)18/h2-5,11,19H,6-10H2,1H3/t11-/m1/s1. The number of sulfone groups is 1. The van der Waals surface area contributed by atoms with E-state index in [0.29, 0.717) is 25.2 Å². The van der Waals surface area contributed by atoms with Crippen LogP contribution in [0.2, 0.25) is 0 Å². The van der Waals surface area contributed by atoms with Crippen molar-refractivity contribution in [2.45, 2.75) is 30.5 Å². The Bertz CT molecular complexity index is 687. The van der Waals surface area contributed by atoms with Gasteiger partial charge in [-0.05, 0) is 24.6 Å². The highest BCUT2D eigenvalue weighted by atomic mass is 32.2. The van der Waals surface area contributed by atoms with Crippen LogP contribution in [0.4, 0.5) is 13.2 Å². The van der Waals surface area contributed by atoms with Crippen LogP contribution in [0.1, 0.15) is 12.5 Å². The van der Waals surface area contributed by atoms with Gasteiger partial charge in [0.1, 0.15) is 0 Å². The largest absolute Gasteiger partial charge is 0.403 e. The highest BCUT2D eigenvalue weighted by Crippen LogP contribution is 2.23. The van der Waals surface area contributed by atoms with Crippen molar-refractivity contribution < 1.29 is 26.4 Å². The third kappa shape index (κ3) is 4.94. The van der Waals surface area contributed by atoms with E-state index in [2.05, 4.69) is 5.32 Å². The van der Waals surface area contributed by atoms with Crippen molar-refractivity contribution in [2.24, 2.45) is 0 Å². The van der Waals surface area contributed by atoms with Gasteiger partial charge in [-0.3, -0.25) is 4.79 Å². The normalized spacial score (nSPS) is 19.3. The number of alkyl halides is 3. The van der Waals surface area contributed by atoms with Crippen LogP contribution < -0.4 is 5.32 Å². The summed E-state index contributed by atoms with van der Waals surface area (Å²) in [6, 6.07) is 5.07. The first kappa shape index (κ1) is 18.7. The summed E-state index contributed by atoms with van der Waals surface area (Å²) >= 11 is 0. The maximum absolute atomic E-state index is 12.3. The topological polar surface area (TPSA) is 66.5 Å².